The van der Waals surface area contributed by atoms with E-state index in [-0.39, 0.29) is 17.7 Å². The monoisotopic (exact) mass is 399 g/mol. The van der Waals surface area contributed by atoms with Gasteiger partial charge in [0.15, 0.2) is 0 Å². The molecule has 7 nitrogen and oxygen atoms in total. The van der Waals surface area contributed by atoms with Gasteiger partial charge in [-0.25, -0.2) is 0 Å². The summed E-state index contributed by atoms with van der Waals surface area (Å²) < 4.78 is 0. The van der Waals surface area contributed by atoms with E-state index in [0.29, 0.717) is 24.6 Å². The smallest absolute Gasteiger partial charge is 0.229 e. The molecule has 1 atom stereocenters. The lowest BCUT2D eigenvalue weighted by Gasteiger charge is -2.31. The third kappa shape index (κ3) is 3.87. The molecule has 2 aromatic rings. The Morgan fingerprint density at radius 1 is 1.14 bits per heavy atom. The van der Waals surface area contributed by atoms with Crippen molar-refractivity contribution >= 4 is 39.1 Å². The number of nitrogens with zero attached hydrogens (tertiary/aromatic N) is 4. The standard InChI is InChI=1S/C20H25N5O2S/c1-13-7-8-16(11-14(13)2)21-18(27)15-5-3-9-24(12-15)19-22-23-20(28-19)25-10-4-6-17(25)26/h7-8,11,15H,3-6,9-10,12H2,1-2H3,(H,21,27)/t15-/m1/s1. The molecule has 0 spiro atoms. The molecule has 28 heavy (non-hydrogen) atoms. The van der Waals surface area contributed by atoms with Gasteiger partial charge in [-0.3, -0.25) is 14.5 Å². The summed E-state index contributed by atoms with van der Waals surface area (Å²) in [6.07, 6.45) is 3.25. The molecule has 8 heteroatoms. The molecule has 148 valence electrons. The topological polar surface area (TPSA) is 78.4 Å². The van der Waals surface area contributed by atoms with Gasteiger partial charge in [0, 0.05) is 31.7 Å². The first-order valence-electron chi connectivity index (χ1n) is 9.78. The maximum absolute atomic E-state index is 12.8. The third-order valence-electron chi connectivity index (χ3n) is 5.55. The third-order valence-corrected chi connectivity index (χ3v) is 6.55. The molecular formula is C20H25N5O2S. The van der Waals surface area contributed by atoms with Crippen molar-refractivity contribution in [3.8, 4) is 0 Å². The lowest BCUT2D eigenvalue weighted by molar-refractivity contribution is -0.120. The fourth-order valence-electron chi connectivity index (χ4n) is 3.72. The maximum Gasteiger partial charge on any atom is 0.229 e. The number of hydrogen-bond donors (Lipinski definition) is 1. The van der Waals surface area contributed by atoms with Crippen LogP contribution in [0.3, 0.4) is 0 Å². The minimum atomic E-state index is -0.0869. The molecule has 2 saturated heterocycles. The predicted octanol–water partition coefficient (Wildman–Crippen LogP) is 3.14. The molecule has 0 aliphatic carbocycles. The lowest BCUT2D eigenvalue weighted by atomic mass is 9.97. The number of hydrogen-bond acceptors (Lipinski definition) is 6. The van der Waals surface area contributed by atoms with Crippen LogP contribution in [0.5, 0.6) is 0 Å². The van der Waals surface area contributed by atoms with Crippen molar-refractivity contribution in [2.24, 2.45) is 5.92 Å². The average molecular weight is 400 g/mol. The number of piperidine rings is 1. The summed E-state index contributed by atoms with van der Waals surface area (Å²) >= 11 is 1.44. The SMILES string of the molecule is Cc1ccc(NC(=O)[C@@H]2CCCN(c3nnc(N4CCCC4=O)s3)C2)cc1C. The van der Waals surface area contributed by atoms with Crippen molar-refractivity contribution in [3.63, 3.8) is 0 Å². The second-order valence-corrected chi connectivity index (χ2v) is 8.52. The highest BCUT2D eigenvalue weighted by Crippen LogP contribution is 2.32. The zero-order valence-corrected chi connectivity index (χ0v) is 17.1. The fourth-order valence-corrected chi connectivity index (χ4v) is 4.65. The Morgan fingerprint density at radius 2 is 1.96 bits per heavy atom. The highest BCUT2D eigenvalue weighted by atomic mass is 32.1. The molecule has 0 radical (unpaired) electrons. The van der Waals surface area contributed by atoms with E-state index >= 15 is 0 Å². The molecule has 2 fully saturated rings. The van der Waals surface area contributed by atoms with Crippen molar-refractivity contribution in [1.82, 2.24) is 10.2 Å². The minimum absolute atomic E-state index is 0.0485. The van der Waals surface area contributed by atoms with E-state index in [4.69, 9.17) is 0 Å². The molecule has 1 aromatic heterocycles. The highest BCUT2D eigenvalue weighted by Gasteiger charge is 2.30. The minimum Gasteiger partial charge on any atom is -0.346 e. The first-order valence-corrected chi connectivity index (χ1v) is 10.6. The second-order valence-electron chi connectivity index (χ2n) is 7.59. The van der Waals surface area contributed by atoms with Gasteiger partial charge in [0.25, 0.3) is 0 Å². The summed E-state index contributed by atoms with van der Waals surface area (Å²) in [5.41, 5.74) is 3.22. The number of aryl methyl sites for hydroxylation is 2. The van der Waals surface area contributed by atoms with Crippen LogP contribution in [0.25, 0.3) is 0 Å². The van der Waals surface area contributed by atoms with E-state index < -0.39 is 0 Å². The van der Waals surface area contributed by atoms with Crippen molar-refractivity contribution in [2.75, 3.05) is 34.8 Å². The van der Waals surface area contributed by atoms with Crippen LogP contribution in [0.1, 0.15) is 36.8 Å². The van der Waals surface area contributed by atoms with Crippen LogP contribution in [-0.2, 0) is 9.59 Å². The molecule has 1 aromatic carbocycles. The van der Waals surface area contributed by atoms with Crippen molar-refractivity contribution < 1.29 is 9.59 Å². The van der Waals surface area contributed by atoms with Crippen LogP contribution in [-0.4, -0.2) is 41.6 Å². The van der Waals surface area contributed by atoms with Gasteiger partial charge in [-0.05, 0) is 56.4 Å². The number of aromatic nitrogens is 2. The fraction of sp³-hybridized carbons (Fsp3) is 0.500. The second kappa shape index (κ2) is 7.87. The quantitative estimate of drug-likeness (QED) is 0.855. The molecule has 0 unspecified atom stereocenters. The van der Waals surface area contributed by atoms with Crippen molar-refractivity contribution in [1.29, 1.82) is 0 Å². The summed E-state index contributed by atoms with van der Waals surface area (Å²) in [4.78, 5) is 28.5. The number of carbonyl (C=O) groups excluding carboxylic acids is 2. The van der Waals surface area contributed by atoms with E-state index in [0.717, 1.165) is 36.6 Å². The number of nitrogens with one attached hydrogen (secondary N) is 1. The van der Waals surface area contributed by atoms with E-state index in [9.17, 15) is 9.59 Å². The van der Waals surface area contributed by atoms with Crippen LogP contribution < -0.4 is 15.1 Å². The van der Waals surface area contributed by atoms with Crippen LogP contribution in [0, 0.1) is 19.8 Å². The number of benzene rings is 1. The van der Waals surface area contributed by atoms with Crippen molar-refractivity contribution in [3.05, 3.63) is 29.3 Å². The van der Waals surface area contributed by atoms with Gasteiger partial charge in [-0.15, -0.1) is 10.2 Å². The normalized spacial score (nSPS) is 19.9. The highest BCUT2D eigenvalue weighted by molar-refractivity contribution is 7.19. The van der Waals surface area contributed by atoms with E-state index in [1.54, 1.807) is 4.90 Å². The maximum atomic E-state index is 12.8. The summed E-state index contributed by atoms with van der Waals surface area (Å²) in [6.45, 7) is 6.31. The van der Waals surface area contributed by atoms with Crippen LogP contribution in [0.2, 0.25) is 0 Å². The molecule has 0 bridgehead atoms. The van der Waals surface area contributed by atoms with Gasteiger partial charge in [-0.2, -0.15) is 0 Å². The summed E-state index contributed by atoms with van der Waals surface area (Å²) in [5, 5.41) is 13.0. The Balaban J connectivity index is 1.41. The van der Waals surface area contributed by atoms with E-state index in [1.165, 1.54) is 22.5 Å². The molecule has 1 N–H and O–H groups in total. The molecular weight excluding hydrogens is 374 g/mol. The van der Waals surface area contributed by atoms with E-state index in [1.807, 2.05) is 25.1 Å². The summed E-state index contributed by atoms with van der Waals surface area (Å²) in [6, 6.07) is 5.99. The Bertz CT molecular complexity index is 896. The summed E-state index contributed by atoms with van der Waals surface area (Å²) in [7, 11) is 0. The Kier molecular flexibility index (Phi) is 5.30. The van der Waals surface area contributed by atoms with E-state index in [2.05, 4.69) is 27.3 Å². The summed E-state index contributed by atoms with van der Waals surface area (Å²) in [5.74, 6) is 0.0792. The molecule has 0 saturated carbocycles. The van der Waals surface area contributed by atoms with Gasteiger partial charge < -0.3 is 10.2 Å². The Hall–Kier alpha value is -2.48. The molecule has 2 amide bonds. The number of anilines is 3. The molecule has 2 aliphatic rings. The first kappa shape index (κ1) is 18.9. The number of rotatable bonds is 4. The van der Waals surface area contributed by atoms with Crippen LogP contribution >= 0.6 is 11.3 Å². The largest absolute Gasteiger partial charge is 0.346 e. The van der Waals surface area contributed by atoms with Gasteiger partial charge in [0.1, 0.15) is 0 Å². The molecule has 4 rings (SSSR count). The Labute approximate surface area is 168 Å². The van der Waals surface area contributed by atoms with Gasteiger partial charge >= 0.3 is 0 Å². The predicted molar refractivity (Wildman–Crippen MR) is 111 cm³/mol. The lowest BCUT2D eigenvalue weighted by Crippen LogP contribution is -2.40. The zero-order valence-electron chi connectivity index (χ0n) is 16.3. The van der Waals surface area contributed by atoms with Crippen molar-refractivity contribution in [2.45, 2.75) is 39.5 Å². The van der Waals surface area contributed by atoms with Gasteiger partial charge in [-0.1, -0.05) is 17.4 Å². The van der Waals surface area contributed by atoms with Crippen LogP contribution in [0.4, 0.5) is 16.0 Å². The van der Waals surface area contributed by atoms with Crippen LogP contribution in [0.15, 0.2) is 18.2 Å². The number of amides is 2. The molecule has 3 heterocycles. The zero-order chi connectivity index (χ0) is 19.7. The number of carbonyl (C=O) groups is 2. The Morgan fingerprint density at radius 3 is 2.71 bits per heavy atom. The first-order chi connectivity index (χ1) is 13.5. The van der Waals surface area contributed by atoms with Gasteiger partial charge in [0.2, 0.25) is 22.1 Å². The average Bonchev–Trinajstić information content (AvgIpc) is 3.33. The molecule has 2 aliphatic heterocycles. The van der Waals surface area contributed by atoms with Gasteiger partial charge in [0.05, 0.1) is 5.92 Å².